The molecule has 0 saturated heterocycles. The summed E-state index contributed by atoms with van der Waals surface area (Å²) in [6.07, 6.45) is 1.75. The van der Waals surface area contributed by atoms with Gasteiger partial charge in [-0.05, 0) is 56.5 Å². The molecule has 2 amide bonds. The molecular weight excluding hydrogens is 497 g/mol. The van der Waals surface area contributed by atoms with E-state index in [1.807, 2.05) is 13.8 Å². The second-order valence-electron chi connectivity index (χ2n) is 8.31. The van der Waals surface area contributed by atoms with E-state index >= 15 is 0 Å². The van der Waals surface area contributed by atoms with Crippen molar-refractivity contribution in [2.75, 3.05) is 17.1 Å². The lowest BCUT2D eigenvalue weighted by molar-refractivity contribution is -0.139. The molecule has 0 bridgehead atoms. The molecule has 0 aliphatic heterocycles. The van der Waals surface area contributed by atoms with E-state index in [9.17, 15) is 18.0 Å². The molecule has 0 aliphatic carbocycles. The van der Waals surface area contributed by atoms with Crippen molar-refractivity contribution in [2.24, 2.45) is 0 Å². The van der Waals surface area contributed by atoms with Gasteiger partial charge in [0.15, 0.2) is 0 Å². The smallest absolute Gasteiger partial charge is 0.244 e. The summed E-state index contributed by atoms with van der Waals surface area (Å²) in [5.41, 5.74) is 1.59. The van der Waals surface area contributed by atoms with E-state index in [2.05, 4.69) is 5.32 Å². The van der Waals surface area contributed by atoms with Crippen molar-refractivity contribution >= 4 is 50.7 Å². The van der Waals surface area contributed by atoms with Crippen LogP contribution in [0.5, 0.6) is 0 Å². The molecule has 34 heavy (non-hydrogen) atoms. The van der Waals surface area contributed by atoms with Gasteiger partial charge in [0.2, 0.25) is 21.8 Å². The van der Waals surface area contributed by atoms with E-state index < -0.39 is 28.5 Å². The summed E-state index contributed by atoms with van der Waals surface area (Å²) in [6, 6.07) is 10.9. The molecule has 2 atom stereocenters. The summed E-state index contributed by atoms with van der Waals surface area (Å²) in [4.78, 5) is 27.8. The van der Waals surface area contributed by atoms with Crippen LogP contribution in [-0.4, -0.2) is 50.0 Å². The normalized spacial score (nSPS) is 13.1. The molecule has 2 rings (SSSR count). The molecule has 0 fully saturated rings. The fourth-order valence-corrected chi connectivity index (χ4v) is 4.57. The third kappa shape index (κ3) is 7.35. The van der Waals surface area contributed by atoms with E-state index in [1.165, 1.54) is 11.0 Å². The fourth-order valence-electron chi connectivity index (χ4n) is 3.30. The highest BCUT2D eigenvalue weighted by Crippen LogP contribution is 2.27. The summed E-state index contributed by atoms with van der Waals surface area (Å²) >= 11 is 12.4. The zero-order chi connectivity index (χ0) is 25.6. The number of carbonyl (C=O) groups is 2. The lowest BCUT2D eigenvalue weighted by atomic mass is 10.1. The molecule has 1 N–H and O–H groups in total. The number of hydrogen-bond donors (Lipinski definition) is 1. The average Bonchev–Trinajstić information content (AvgIpc) is 2.77. The Balaban J connectivity index is 2.45. The first-order valence-corrected chi connectivity index (χ1v) is 13.5. The van der Waals surface area contributed by atoms with E-state index in [1.54, 1.807) is 50.2 Å². The molecule has 10 heteroatoms. The molecule has 0 heterocycles. The molecule has 0 aliphatic rings. The van der Waals surface area contributed by atoms with Gasteiger partial charge in [-0.25, -0.2) is 8.42 Å². The van der Waals surface area contributed by atoms with Crippen molar-refractivity contribution in [1.82, 2.24) is 10.2 Å². The number of aryl methyl sites for hydroxylation is 1. The van der Waals surface area contributed by atoms with Crippen LogP contribution < -0.4 is 9.62 Å². The second kappa shape index (κ2) is 11.9. The second-order valence-corrected chi connectivity index (χ2v) is 11.1. The van der Waals surface area contributed by atoms with Crippen molar-refractivity contribution in [3.05, 3.63) is 63.6 Å². The minimum atomic E-state index is -3.84. The third-order valence-electron chi connectivity index (χ3n) is 5.59. The Morgan fingerprint density at radius 3 is 2.32 bits per heavy atom. The maximum atomic E-state index is 13.6. The van der Waals surface area contributed by atoms with Crippen LogP contribution >= 0.6 is 23.2 Å². The van der Waals surface area contributed by atoms with Gasteiger partial charge in [0.25, 0.3) is 0 Å². The van der Waals surface area contributed by atoms with Crippen LogP contribution in [0.4, 0.5) is 5.69 Å². The Bertz CT molecular complexity index is 1140. The molecule has 0 radical (unpaired) electrons. The number of sulfonamides is 1. The first-order chi connectivity index (χ1) is 15.8. The fraction of sp³-hybridized carbons (Fsp3) is 0.417. The Kier molecular flexibility index (Phi) is 9.79. The van der Waals surface area contributed by atoms with Crippen LogP contribution in [0.15, 0.2) is 42.5 Å². The standard InChI is InChI=1S/C24H31Cl2N3O4S/c1-6-17(3)27-24(31)18(4)28(14-19-9-7-8-10-21(19)26)23(30)15-29(34(5,32)33)22-13-20(25)12-11-16(22)2/h7-13,17-18H,6,14-15H2,1-5H3,(H,27,31). The first-order valence-electron chi connectivity index (χ1n) is 10.9. The molecule has 0 aromatic heterocycles. The lowest BCUT2D eigenvalue weighted by Gasteiger charge is -2.32. The van der Waals surface area contributed by atoms with E-state index in [-0.39, 0.29) is 18.5 Å². The van der Waals surface area contributed by atoms with Crippen molar-refractivity contribution < 1.29 is 18.0 Å². The summed E-state index contributed by atoms with van der Waals surface area (Å²) in [7, 11) is -3.84. The topological polar surface area (TPSA) is 86.8 Å². The monoisotopic (exact) mass is 527 g/mol. The Hall–Kier alpha value is -2.29. The number of halogens is 2. The summed E-state index contributed by atoms with van der Waals surface area (Å²) in [5, 5.41) is 3.67. The van der Waals surface area contributed by atoms with Crippen LogP contribution in [-0.2, 0) is 26.2 Å². The maximum Gasteiger partial charge on any atom is 0.244 e. The molecular formula is C24H31Cl2N3O4S. The number of nitrogens with one attached hydrogen (secondary N) is 1. The summed E-state index contributed by atoms with van der Waals surface area (Å²) in [5.74, 6) is -0.879. The number of carbonyl (C=O) groups excluding carboxylic acids is 2. The van der Waals surface area contributed by atoms with Crippen LogP contribution in [0.3, 0.4) is 0 Å². The van der Waals surface area contributed by atoms with Gasteiger partial charge in [-0.3, -0.25) is 13.9 Å². The van der Waals surface area contributed by atoms with Crippen LogP contribution in [0, 0.1) is 6.92 Å². The number of nitrogens with zero attached hydrogens (tertiary/aromatic N) is 2. The van der Waals surface area contributed by atoms with Gasteiger partial charge in [-0.1, -0.05) is 54.4 Å². The number of anilines is 1. The summed E-state index contributed by atoms with van der Waals surface area (Å²) in [6.45, 7) is 6.71. The van der Waals surface area contributed by atoms with Gasteiger partial charge >= 0.3 is 0 Å². The minimum Gasteiger partial charge on any atom is -0.352 e. The zero-order valence-corrected chi connectivity index (χ0v) is 22.3. The number of rotatable bonds is 10. The highest BCUT2D eigenvalue weighted by atomic mass is 35.5. The number of hydrogen-bond acceptors (Lipinski definition) is 4. The summed E-state index contributed by atoms with van der Waals surface area (Å²) < 4.78 is 26.3. The van der Waals surface area contributed by atoms with Crippen molar-refractivity contribution in [3.8, 4) is 0 Å². The predicted octanol–water partition coefficient (Wildman–Crippen LogP) is 4.40. The Morgan fingerprint density at radius 2 is 1.74 bits per heavy atom. The molecule has 2 aromatic carbocycles. The van der Waals surface area contributed by atoms with Gasteiger partial charge < -0.3 is 10.2 Å². The quantitative estimate of drug-likeness (QED) is 0.495. The van der Waals surface area contributed by atoms with Gasteiger partial charge in [0.1, 0.15) is 12.6 Å². The Morgan fingerprint density at radius 1 is 1.09 bits per heavy atom. The van der Waals surface area contributed by atoms with Crippen LogP contribution in [0.25, 0.3) is 0 Å². The lowest BCUT2D eigenvalue weighted by Crippen LogP contribution is -2.52. The molecule has 0 saturated carbocycles. The van der Waals surface area contributed by atoms with Crippen molar-refractivity contribution in [3.63, 3.8) is 0 Å². The largest absolute Gasteiger partial charge is 0.352 e. The van der Waals surface area contributed by atoms with Gasteiger partial charge in [-0.15, -0.1) is 0 Å². The third-order valence-corrected chi connectivity index (χ3v) is 7.32. The maximum absolute atomic E-state index is 13.6. The Labute approximate surface area is 212 Å². The first kappa shape index (κ1) is 28.0. The average molecular weight is 529 g/mol. The van der Waals surface area contributed by atoms with Crippen molar-refractivity contribution in [2.45, 2.75) is 52.7 Å². The van der Waals surface area contributed by atoms with E-state index in [0.29, 0.717) is 26.9 Å². The van der Waals surface area contributed by atoms with Crippen molar-refractivity contribution in [1.29, 1.82) is 0 Å². The zero-order valence-electron chi connectivity index (χ0n) is 20.0. The number of benzene rings is 2. The molecule has 2 aromatic rings. The molecule has 7 nitrogen and oxygen atoms in total. The minimum absolute atomic E-state index is 0.0414. The molecule has 186 valence electrons. The van der Waals surface area contributed by atoms with Gasteiger partial charge in [0.05, 0.1) is 11.9 Å². The van der Waals surface area contributed by atoms with Crippen LogP contribution in [0.2, 0.25) is 10.0 Å². The van der Waals surface area contributed by atoms with Gasteiger partial charge in [0, 0.05) is 22.6 Å². The van der Waals surface area contributed by atoms with Crippen LogP contribution in [0.1, 0.15) is 38.3 Å². The van der Waals surface area contributed by atoms with Gasteiger partial charge in [-0.2, -0.15) is 0 Å². The van der Waals surface area contributed by atoms with E-state index in [4.69, 9.17) is 23.2 Å². The number of amides is 2. The highest BCUT2D eigenvalue weighted by Gasteiger charge is 2.31. The van der Waals surface area contributed by atoms with E-state index in [0.717, 1.165) is 17.0 Å². The SMILES string of the molecule is CCC(C)NC(=O)C(C)N(Cc1ccccc1Cl)C(=O)CN(c1cc(Cl)ccc1C)S(C)(=O)=O. The highest BCUT2D eigenvalue weighted by molar-refractivity contribution is 7.92. The molecule has 2 unspecified atom stereocenters. The molecule has 0 spiro atoms. The predicted molar refractivity (Wildman–Crippen MR) is 138 cm³/mol.